The highest BCUT2D eigenvalue weighted by Crippen LogP contribution is 2.35. The van der Waals surface area contributed by atoms with E-state index in [1.807, 2.05) is 51.9 Å². The van der Waals surface area contributed by atoms with Gasteiger partial charge in [0.2, 0.25) is 11.8 Å². The predicted molar refractivity (Wildman–Crippen MR) is 110 cm³/mol. The number of amides is 2. The van der Waals surface area contributed by atoms with E-state index in [-0.39, 0.29) is 23.3 Å². The summed E-state index contributed by atoms with van der Waals surface area (Å²) in [5, 5.41) is 2.90. The number of likely N-dealkylation sites (tertiary alicyclic amines) is 1. The first-order valence-corrected chi connectivity index (χ1v) is 10.4. The molecule has 2 aromatic rings. The molecule has 152 valence electrons. The zero-order valence-electron chi connectivity index (χ0n) is 16.5. The molecule has 1 saturated heterocycles. The molecule has 0 unspecified atom stereocenters. The third kappa shape index (κ3) is 4.58. The van der Waals surface area contributed by atoms with Gasteiger partial charge in [0.25, 0.3) is 5.56 Å². The summed E-state index contributed by atoms with van der Waals surface area (Å²) in [5.41, 5.74) is 2.17. The Labute approximate surface area is 170 Å². The SMILES string of the molecule is O=C(CCCC(=O)N1C[C@@H]2C[C@H](C1)c1cccc(=O)n1C2)NCc1ccccc1. The third-order valence-electron chi connectivity index (χ3n) is 5.96. The number of hydrogen-bond acceptors (Lipinski definition) is 3. The van der Waals surface area contributed by atoms with Crippen LogP contribution in [0.25, 0.3) is 0 Å². The minimum Gasteiger partial charge on any atom is -0.352 e. The number of hydrogen-bond donors (Lipinski definition) is 1. The van der Waals surface area contributed by atoms with Crippen LogP contribution in [0.3, 0.4) is 0 Å². The van der Waals surface area contributed by atoms with Crippen LogP contribution in [0, 0.1) is 5.92 Å². The van der Waals surface area contributed by atoms with E-state index in [1.165, 1.54) is 0 Å². The van der Waals surface area contributed by atoms with Crippen LogP contribution in [0.5, 0.6) is 0 Å². The molecule has 2 atom stereocenters. The van der Waals surface area contributed by atoms with Crippen molar-refractivity contribution in [1.82, 2.24) is 14.8 Å². The van der Waals surface area contributed by atoms with Gasteiger partial charge in [0, 0.05) is 56.7 Å². The molecule has 1 N–H and O–H groups in total. The van der Waals surface area contributed by atoms with E-state index < -0.39 is 0 Å². The van der Waals surface area contributed by atoms with Crippen LogP contribution in [0.15, 0.2) is 53.3 Å². The number of rotatable bonds is 6. The first-order valence-electron chi connectivity index (χ1n) is 10.4. The van der Waals surface area contributed by atoms with Gasteiger partial charge in [-0.3, -0.25) is 14.4 Å². The minimum absolute atomic E-state index is 0.0227. The van der Waals surface area contributed by atoms with E-state index in [0.29, 0.717) is 51.4 Å². The van der Waals surface area contributed by atoms with Gasteiger partial charge in [0.15, 0.2) is 0 Å². The van der Waals surface area contributed by atoms with Crippen LogP contribution < -0.4 is 10.9 Å². The average Bonchev–Trinajstić information content (AvgIpc) is 2.73. The third-order valence-corrected chi connectivity index (χ3v) is 5.96. The van der Waals surface area contributed by atoms with Crippen LogP contribution in [0.2, 0.25) is 0 Å². The van der Waals surface area contributed by atoms with Crippen LogP contribution in [-0.2, 0) is 22.7 Å². The van der Waals surface area contributed by atoms with E-state index in [0.717, 1.165) is 17.7 Å². The van der Waals surface area contributed by atoms with Crippen molar-refractivity contribution < 1.29 is 9.59 Å². The lowest BCUT2D eigenvalue weighted by atomic mass is 9.83. The van der Waals surface area contributed by atoms with Gasteiger partial charge in [-0.1, -0.05) is 36.4 Å². The molecule has 0 spiro atoms. The second kappa shape index (κ2) is 8.64. The van der Waals surface area contributed by atoms with E-state index in [9.17, 15) is 14.4 Å². The fourth-order valence-electron chi connectivity index (χ4n) is 4.54. The maximum atomic E-state index is 12.7. The molecule has 2 bridgehead atoms. The Balaban J connectivity index is 1.25. The Morgan fingerprint density at radius 3 is 2.62 bits per heavy atom. The number of aromatic nitrogens is 1. The Morgan fingerprint density at radius 1 is 0.966 bits per heavy atom. The monoisotopic (exact) mass is 393 g/mol. The molecule has 3 heterocycles. The Kier molecular flexibility index (Phi) is 5.79. The molecule has 0 aliphatic carbocycles. The highest BCUT2D eigenvalue weighted by molar-refractivity contribution is 5.79. The highest BCUT2D eigenvalue weighted by Gasteiger charge is 2.35. The van der Waals surface area contributed by atoms with Crippen molar-refractivity contribution in [1.29, 1.82) is 0 Å². The lowest BCUT2D eigenvalue weighted by Crippen LogP contribution is -2.49. The second-order valence-electron chi connectivity index (χ2n) is 8.11. The number of nitrogens with one attached hydrogen (secondary N) is 1. The van der Waals surface area contributed by atoms with Crippen LogP contribution in [-0.4, -0.2) is 34.4 Å². The molecule has 4 rings (SSSR count). The molecule has 2 amide bonds. The standard InChI is InChI=1S/C23H27N3O3/c27-21(24-13-17-6-2-1-3-7-17)9-5-10-22(28)25-14-18-12-19(16-25)20-8-4-11-23(29)26(20)15-18/h1-4,6-8,11,18-19H,5,9-10,12-16H2,(H,24,27)/t18-,19+/m0/s1. The molecule has 1 aromatic heterocycles. The van der Waals surface area contributed by atoms with Gasteiger partial charge < -0.3 is 14.8 Å². The fourth-order valence-corrected chi connectivity index (χ4v) is 4.54. The summed E-state index contributed by atoms with van der Waals surface area (Å²) in [5.74, 6) is 0.654. The second-order valence-corrected chi connectivity index (χ2v) is 8.11. The number of carbonyl (C=O) groups excluding carboxylic acids is 2. The van der Waals surface area contributed by atoms with E-state index in [1.54, 1.807) is 6.07 Å². The lowest BCUT2D eigenvalue weighted by molar-refractivity contribution is -0.134. The van der Waals surface area contributed by atoms with Crippen LogP contribution >= 0.6 is 0 Å². The first-order chi connectivity index (χ1) is 14.1. The first kappa shape index (κ1) is 19.4. The lowest BCUT2D eigenvalue weighted by Gasteiger charge is -2.42. The van der Waals surface area contributed by atoms with Crippen molar-refractivity contribution in [3.05, 3.63) is 70.1 Å². The normalized spacial score (nSPS) is 20.1. The van der Waals surface area contributed by atoms with Gasteiger partial charge in [-0.2, -0.15) is 0 Å². The average molecular weight is 393 g/mol. The van der Waals surface area contributed by atoms with E-state index in [4.69, 9.17) is 0 Å². The van der Waals surface area contributed by atoms with Gasteiger partial charge in [-0.25, -0.2) is 0 Å². The molecule has 1 aromatic carbocycles. The van der Waals surface area contributed by atoms with Crippen molar-refractivity contribution in [2.45, 2.75) is 44.7 Å². The summed E-state index contributed by atoms with van der Waals surface area (Å²) in [6.45, 7) is 2.58. The van der Waals surface area contributed by atoms with Crippen molar-refractivity contribution in [2.75, 3.05) is 13.1 Å². The zero-order valence-corrected chi connectivity index (χ0v) is 16.5. The van der Waals surface area contributed by atoms with Crippen molar-refractivity contribution >= 4 is 11.8 Å². The minimum atomic E-state index is -0.0227. The molecule has 2 aliphatic heterocycles. The molecule has 6 nitrogen and oxygen atoms in total. The quantitative estimate of drug-likeness (QED) is 0.819. The number of nitrogens with zero attached hydrogens (tertiary/aromatic N) is 2. The smallest absolute Gasteiger partial charge is 0.250 e. The molecule has 0 radical (unpaired) electrons. The molecule has 6 heteroatoms. The van der Waals surface area contributed by atoms with Gasteiger partial charge in [-0.15, -0.1) is 0 Å². The molecular formula is C23H27N3O3. The van der Waals surface area contributed by atoms with Crippen LogP contribution in [0.1, 0.15) is 42.9 Å². The van der Waals surface area contributed by atoms with E-state index in [2.05, 4.69) is 5.32 Å². The van der Waals surface area contributed by atoms with Gasteiger partial charge in [0.1, 0.15) is 0 Å². The van der Waals surface area contributed by atoms with Gasteiger partial charge >= 0.3 is 0 Å². The summed E-state index contributed by atoms with van der Waals surface area (Å²) in [6, 6.07) is 15.2. The Morgan fingerprint density at radius 2 is 1.79 bits per heavy atom. The number of carbonyl (C=O) groups is 2. The molecular weight excluding hydrogens is 366 g/mol. The molecule has 2 aliphatic rings. The predicted octanol–water partition coefficient (Wildman–Crippen LogP) is 2.28. The summed E-state index contributed by atoms with van der Waals surface area (Å²) in [7, 11) is 0. The number of pyridine rings is 1. The number of piperidine rings is 1. The van der Waals surface area contributed by atoms with Crippen molar-refractivity contribution in [3.8, 4) is 0 Å². The van der Waals surface area contributed by atoms with E-state index >= 15 is 0 Å². The topological polar surface area (TPSA) is 71.4 Å². The molecule has 0 saturated carbocycles. The Hall–Kier alpha value is -2.89. The summed E-state index contributed by atoms with van der Waals surface area (Å²) < 4.78 is 1.87. The Bertz CT molecular complexity index is 938. The number of fused-ring (bicyclic) bond motifs is 4. The summed E-state index contributed by atoms with van der Waals surface area (Å²) in [4.78, 5) is 38.8. The zero-order chi connectivity index (χ0) is 20.2. The van der Waals surface area contributed by atoms with Gasteiger partial charge in [-0.05, 0) is 30.4 Å². The summed E-state index contributed by atoms with van der Waals surface area (Å²) >= 11 is 0. The molecule has 1 fully saturated rings. The van der Waals surface area contributed by atoms with Crippen molar-refractivity contribution in [3.63, 3.8) is 0 Å². The highest BCUT2D eigenvalue weighted by atomic mass is 16.2. The van der Waals surface area contributed by atoms with Crippen molar-refractivity contribution in [2.24, 2.45) is 5.92 Å². The number of benzene rings is 1. The molecule has 29 heavy (non-hydrogen) atoms. The maximum Gasteiger partial charge on any atom is 0.250 e. The maximum absolute atomic E-state index is 12.7. The summed E-state index contributed by atoms with van der Waals surface area (Å²) in [6.07, 6.45) is 2.34. The largest absolute Gasteiger partial charge is 0.352 e. The van der Waals surface area contributed by atoms with Gasteiger partial charge in [0.05, 0.1) is 0 Å². The fraction of sp³-hybridized carbons (Fsp3) is 0.435. The van der Waals surface area contributed by atoms with Crippen LogP contribution in [0.4, 0.5) is 0 Å².